The molecule has 0 aromatic heterocycles. The molecule has 1 N–H and O–H groups in total. The van der Waals surface area contributed by atoms with E-state index in [9.17, 15) is 14.4 Å². The van der Waals surface area contributed by atoms with Crippen LogP contribution in [0.2, 0.25) is 5.02 Å². The summed E-state index contributed by atoms with van der Waals surface area (Å²) in [5.74, 6) is -2.17. The number of aliphatic imine (C=N–C) groups is 1. The standard InChI is InChI=1S/C18H23ClN2O3/c1-10(2)16(22)13(17(23)11(3)4)9-21-14-8-6-7-12(15(14)19)18(24)20-5/h6-11,13H,1-5H3,(H,20,24). The Hall–Kier alpha value is -2.01. The van der Waals surface area contributed by atoms with Crippen molar-refractivity contribution in [1.82, 2.24) is 5.32 Å². The molecule has 6 heteroatoms. The number of nitrogens with zero attached hydrogens (tertiary/aromatic N) is 1. The van der Waals surface area contributed by atoms with Crippen LogP contribution in [0.5, 0.6) is 0 Å². The molecule has 24 heavy (non-hydrogen) atoms. The van der Waals surface area contributed by atoms with Gasteiger partial charge < -0.3 is 5.32 Å². The molecule has 0 bridgehead atoms. The topological polar surface area (TPSA) is 75.6 Å². The molecule has 0 saturated carbocycles. The molecule has 0 aliphatic carbocycles. The molecule has 5 nitrogen and oxygen atoms in total. The molecule has 1 rings (SSSR count). The fourth-order valence-corrected chi connectivity index (χ4v) is 2.35. The van der Waals surface area contributed by atoms with Crippen LogP contribution in [-0.2, 0) is 9.59 Å². The van der Waals surface area contributed by atoms with Gasteiger partial charge in [0, 0.05) is 25.1 Å². The molecule has 1 aromatic carbocycles. The van der Waals surface area contributed by atoms with Gasteiger partial charge in [-0.15, -0.1) is 0 Å². The molecule has 0 fully saturated rings. The molecule has 1 amide bonds. The number of carbonyl (C=O) groups is 3. The molecule has 0 radical (unpaired) electrons. The van der Waals surface area contributed by atoms with Crippen molar-refractivity contribution in [3.05, 3.63) is 28.8 Å². The molecule has 0 aliphatic rings. The van der Waals surface area contributed by atoms with Crippen molar-refractivity contribution < 1.29 is 14.4 Å². The Labute approximate surface area is 147 Å². The van der Waals surface area contributed by atoms with Crippen LogP contribution in [0.4, 0.5) is 5.69 Å². The van der Waals surface area contributed by atoms with Gasteiger partial charge in [-0.25, -0.2) is 0 Å². The summed E-state index contributed by atoms with van der Waals surface area (Å²) >= 11 is 6.21. The van der Waals surface area contributed by atoms with Crippen molar-refractivity contribution in [3.63, 3.8) is 0 Å². The zero-order chi connectivity index (χ0) is 18.4. The quantitative estimate of drug-likeness (QED) is 0.604. The zero-order valence-electron chi connectivity index (χ0n) is 14.6. The number of amides is 1. The lowest BCUT2D eigenvalue weighted by Crippen LogP contribution is -2.31. The predicted octanol–water partition coefficient (Wildman–Crippen LogP) is 3.47. The Kier molecular flexibility index (Phi) is 7.29. The predicted molar refractivity (Wildman–Crippen MR) is 96.2 cm³/mol. The van der Waals surface area contributed by atoms with Crippen molar-refractivity contribution in [3.8, 4) is 0 Å². The molecule has 130 valence electrons. The van der Waals surface area contributed by atoms with Crippen LogP contribution in [0.25, 0.3) is 0 Å². The summed E-state index contributed by atoms with van der Waals surface area (Å²) in [5.41, 5.74) is 0.631. The molecule has 0 aliphatic heterocycles. The second-order valence-electron chi connectivity index (χ2n) is 6.09. The van der Waals surface area contributed by atoms with Crippen LogP contribution >= 0.6 is 11.6 Å². The number of benzene rings is 1. The number of ketones is 2. The SMILES string of the molecule is CNC(=O)c1cccc(N=CC(C(=O)C(C)C)C(=O)C(C)C)c1Cl. The highest BCUT2D eigenvalue weighted by molar-refractivity contribution is 6.36. The van der Waals surface area contributed by atoms with Gasteiger partial charge >= 0.3 is 0 Å². The van der Waals surface area contributed by atoms with Gasteiger partial charge in [0.1, 0.15) is 5.92 Å². The fraction of sp³-hybridized carbons (Fsp3) is 0.444. The Morgan fingerprint density at radius 3 is 2.08 bits per heavy atom. The molecule has 0 unspecified atom stereocenters. The van der Waals surface area contributed by atoms with Crippen molar-refractivity contribution in [2.45, 2.75) is 27.7 Å². The van der Waals surface area contributed by atoms with E-state index in [4.69, 9.17) is 11.6 Å². The van der Waals surface area contributed by atoms with Crippen LogP contribution < -0.4 is 5.32 Å². The molecular weight excluding hydrogens is 328 g/mol. The third-order valence-corrected chi connectivity index (χ3v) is 3.96. The van der Waals surface area contributed by atoms with Crippen molar-refractivity contribution >= 4 is 41.0 Å². The van der Waals surface area contributed by atoms with E-state index in [2.05, 4.69) is 10.3 Å². The van der Waals surface area contributed by atoms with E-state index < -0.39 is 5.92 Å². The Bertz CT molecular complexity index is 646. The Morgan fingerprint density at radius 1 is 1.08 bits per heavy atom. The van der Waals surface area contributed by atoms with Gasteiger partial charge in [-0.3, -0.25) is 19.4 Å². The maximum absolute atomic E-state index is 12.3. The first-order valence-corrected chi connectivity index (χ1v) is 8.20. The Balaban J connectivity index is 3.22. The average Bonchev–Trinajstić information content (AvgIpc) is 2.54. The molecular formula is C18H23ClN2O3. The molecule has 0 saturated heterocycles. The van der Waals surface area contributed by atoms with Gasteiger partial charge in [-0.1, -0.05) is 45.4 Å². The summed E-state index contributed by atoms with van der Waals surface area (Å²) in [7, 11) is 1.51. The van der Waals surface area contributed by atoms with Gasteiger partial charge in [0.2, 0.25) is 0 Å². The van der Waals surface area contributed by atoms with Crippen LogP contribution in [0.3, 0.4) is 0 Å². The second-order valence-corrected chi connectivity index (χ2v) is 6.47. The number of hydrogen-bond acceptors (Lipinski definition) is 4. The largest absolute Gasteiger partial charge is 0.355 e. The second kappa shape index (κ2) is 8.73. The number of hydrogen-bond donors (Lipinski definition) is 1. The van der Waals surface area contributed by atoms with Crippen LogP contribution in [-0.4, -0.2) is 30.7 Å². The summed E-state index contributed by atoms with van der Waals surface area (Å²) in [5, 5.41) is 2.68. The van der Waals surface area contributed by atoms with E-state index in [1.807, 2.05) is 0 Å². The molecule has 0 spiro atoms. The first-order chi connectivity index (χ1) is 11.2. The highest BCUT2D eigenvalue weighted by Gasteiger charge is 2.28. The van der Waals surface area contributed by atoms with Crippen molar-refractivity contribution in [2.75, 3.05) is 7.05 Å². The van der Waals surface area contributed by atoms with E-state index in [1.165, 1.54) is 13.3 Å². The van der Waals surface area contributed by atoms with E-state index >= 15 is 0 Å². The van der Waals surface area contributed by atoms with Crippen molar-refractivity contribution in [1.29, 1.82) is 0 Å². The lowest BCUT2D eigenvalue weighted by Gasteiger charge is -2.15. The highest BCUT2D eigenvalue weighted by Crippen LogP contribution is 2.28. The maximum Gasteiger partial charge on any atom is 0.252 e. The number of halogens is 1. The Morgan fingerprint density at radius 2 is 1.62 bits per heavy atom. The molecule has 1 aromatic rings. The minimum atomic E-state index is -0.912. The maximum atomic E-state index is 12.3. The van der Waals surface area contributed by atoms with Gasteiger partial charge in [-0.05, 0) is 12.1 Å². The van der Waals surface area contributed by atoms with Gasteiger partial charge in [-0.2, -0.15) is 0 Å². The molecule has 0 heterocycles. The highest BCUT2D eigenvalue weighted by atomic mass is 35.5. The lowest BCUT2D eigenvalue weighted by molar-refractivity contribution is -0.133. The first-order valence-electron chi connectivity index (χ1n) is 7.82. The lowest BCUT2D eigenvalue weighted by atomic mass is 9.87. The van der Waals surface area contributed by atoms with Crippen LogP contribution in [0.1, 0.15) is 38.1 Å². The van der Waals surface area contributed by atoms with E-state index in [0.29, 0.717) is 5.69 Å². The number of carbonyl (C=O) groups excluding carboxylic acids is 3. The normalized spacial score (nSPS) is 11.5. The number of nitrogens with one attached hydrogen (secondary N) is 1. The summed E-state index contributed by atoms with van der Waals surface area (Å²) in [4.78, 5) is 40.6. The van der Waals surface area contributed by atoms with Crippen LogP contribution in [0.15, 0.2) is 23.2 Å². The summed E-state index contributed by atoms with van der Waals surface area (Å²) in [6, 6.07) is 4.85. The van der Waals surface area contributed by atoms with Gasteiger partial charge in [0.25, 0.3) is 5.91 Å². The van der Waals surface area contributed by atoms with E-state index in [0.717, 1.165) is 0 Å². The number of Topliss-reactive ketones (excluding diaryl/α,β-unsaturated/α-hetero) is 2. The van der Waals surface area contributed by atoms with Crippen molar-refractivity contribution in [2.24, 2.45) is 22.7 Å². The smallest absolute Gasteiger partial charge is 0.252 e. The first kappa shape index (κ1) is 20.0. The minimum absolute atomic E-state index is 0.181. The molecule has 0 atom stereocenters. The van der Waals surface area contributed by atoms with E-state index in [1.54, 1.807) is 45.9 Å². The summed E-state index contributed by atoms with van der Waals surface area (Å²) < 4.78 is 0. The van der Waals surface area contributed by atoms with Crippen LogP contribution in [0, 0.1) is 17.8 Å². The van der Waals surface area contributed by atoms with Gasteiger partial charge in [0.05, 0.1) is 16.3 Å². The number of rotatable bonds is 7. The third kappa shape index (κ3) is 4.74. The minimum Gasteiger partial charge on any atom is -0.355 e. The average molecular weight is 351 g/mol. The zero-order valence-corrected chi connectivity index (χ0v) is 15.3. The third-order valence-electron chi connectivity index (χ3n) is 3.56. The fourth-order valence-electron chi connectivity index (χ4n) is 2.09. The van der Waals surface area contributed by atoms with E-state index in [-0.39, 0.29) is 39.9 Å². The summed E-state index contributed by atoms with van der Waals surface area (Å²) in [6.07, 6.45) is 1.33. The summed E-state index contributed by atoms with van der Waals surface area (Å²) in [6.45, 7) is 6.98. The van der Waals surface area contributed by atoms with Gasteiger partial charge in [0.15, 0.2) is 11.6 Å². The monoisotopic (exact) mass is 350 g/mol.